The summed E-state index contributed by atoms with van der Waals surface area (Å²) < 4.78 is 99.4. The third-order valence-corrected chi connectivity index (χ3v) is 8.66. The molecule has 45 heavy (non-hydrogen) atoms. The van der Waals surface area contributed by atoms with E-state index < -0.39 is 46.8 Å². The Morgan fingerprint density at radius 2 is 1.67 bits per heavy atom. The first kappa shape index (κ1) is 32.2. The molecule has 2 amide bonds. The van der Waals surface area contributed by atoms with Gasteiger partial charge in [-0.3, -0.25) is 9.59 Å². The first-order chi connectivity index (χ1) is 21.3. The number of hydrogen-bond donors (Lipinski definition) is 3. The lowest BCUT2D eigenvalue weighted by atomic mass is 9.90. The number of benzene rings is 3. The number of amides is 2. The largest absolute Gasteiger partial charge is 0.496 e. The molecule has 5 rings (SSSR count). The zero-order valence-electron chi connectivity index (χ0n) is 23.6. The molecule has 2 heterocycles. The molecule has 1 atom stereocenters. The minimum atomic E-state index is -5.05. The number of carbonyl (C=O) groups excluding carboxylic acids is 2. The number of nitrogens with one attached hydrogen (secondary N) is 3. The smallest absolute Gasteiger partial charge is 0.419 e. The van der Waals surface area contributed by atoms with Crippen molar-refractivity contribution in [3.63, 3.8) is 0 Å². The fourth-order valence-electron chi connectivity index (χ4n) is 5.26. The van der Waals surface area contributed by atoms with Crippen LogP contribution < -0.4 is 20.7 Å². The minimum Gasteiger partial charge on any atom is -0.496 e. The number of hydrogen-bond acceptors (Lipinski definition) is 5. The number of thiophene rings is 1. The zero-order valence-corrected chi connectivity index (χ0v) is 24.4. The summed E-state index contributed by atoms with van der Waals surface area (Å²) in [5, 5.41) is 8.30. The molecule has 6 nitrogen and oxygen atoms in total. The lowest BCUT2D eigenvalue weighted by Gasteiger charge is -2.17. The predicted octanol–water partition coefficient (Wildman–Crippen LogP) is 8.45. The molecule has 1 saturated heterocycles. The number of carbonyl (C=O) groups is 2. The standard InChI is InChI=1S/C31H26F7N3O3S/c1-44-24-9-4-17(16-3-2-11-39-12-10-16)13-21(24)28(42)41-26-20-7-5-18(30(33,34)35)14-25(20)45-27(26)29(43)40-19-6-8-23(32)22(15-19)31(36,37)38/h4-9,13-16,39H,2-3,10-12H2,1H3,(H,40,43)(H,41,42). The Kier molecular flexibility index (Phi) is 9.08. The Morgan fingerprint density at radius 1 is 0.889 bits per heavy atom. The monoisotopic (exact) mass is 653 g/mol. The highest BCUT2D eigenvalue weighted by Crippen LogP contribution is 2.41. The summed E-state index contributed by atoms with van der Waals surface area (Å²) in [6, 6.07) is 9.74. The molecule has 1 fully saturated rings. The van der Waals surface area contributed by atoms with Gasteiger partial charge in [-0.25, -0.2) is 4.39 Å². The molecule has 14 heteroatoms. The van der Waals surface area contributed by atoms with Crippen LogP contribution in [0.15, 0.2) is 54.6 Å². The number of ether oxygens (including phenoxy) is 1. The van der Waals surface area contributed by atoms with Crippen LogP contribution in [0, 0.1) is 5.82 Å². The highest BCUT2D eigenvalue weighted by molar-refractivity contribution is 7.21. The van der Waals surface area contributed by atoms with E-state index in [0.717, 1.165) is 62.2 Å². The highest BCUT2D eigenvalue weighted by atomic mass is 32.1. The van der Waals surface area contributed by atoms with E-state index >= 15 is 0 Å². The number of fused-ring (bicyclic) bond motifs is 1. The topological polar surface area (TPSA) is 79.5 Å². The van der Waals surface area contributed by atoms with Gasteiger partial charge in [-0.1, -0.05) is 12.1 Å². The summed E-state index contributed by atoms with van der Waals surface area (Å²) in [5.74, 6) is -2.90. The molecule has 0 bridgehead atoms. The van der Waals surface area contributed by atoms with Gasteiger partial charge in [0.1, 0.15) is 16.4 Å². The van der Waals surface area contributed by atoms with Crippen molar-refractivity contribution in [3.05, 3.63) is 87.5 Å². The van der Waals surface area contributed by atoms with Crippen LogP contribution in [0.2, 0.25) is 0 Å². The molecule has 3 aromatic carbocycles. The molecule has 0 saturated carbocycles. The molecule has 1 aliphatic rings. The Hall–Kier alpha value is -4.17. The average molecular weight is 654 g/mol. The van der Waals surface area contributed by atoms with E-state index in [1.54, 1.807) is 12.1 Å². The third-order valence-electron chi connectivity index (χ3n) is 7.51. The number of halogens is 7. The molecule has 1 unspecified atom stereocenters. The summed E-state index contributed by atoms with van der Waals surface area (Å²) >= 11 is 0.608. The fourth-order valence-corrected chi connectivity index (χ4v) is 6.35. The summed E-state index contributed by atoms with van der Waals surface area (Å²) in [6.45, 7) is 1.68. The second kappa shape index (κ2) is 12.7. The Bertz CT molecular complexity index is 1740. The molecular formula is C31H26F7N3O3S. The van der Waals surface area contributed by atoms with Crippen LogP contribution in [-0.4, -0.2) is 32.0 Å². The normalized spacial score (nSPS) is 15.9. The van der Waals surface area contributed by atoms with Crippen molar-refractivity contribution in [1.29, 1.82) is 0 Å². The van der Waals surface area contributed by atoms with Gasteiger partial charge in [0.15, 0.2) is 0 Å². The van der Waals surface area contributed by atoms with Gasteiger partial charge in [-0.15, -0.1) is 11.3 Å². The Morgan fingerprint density at radius 3 is 2.38 bits per heavy atom. The quantitative estimate of drug-likeness (QED) is 0.183. The van der Waals surface area contributed by atoms with Crippen molar-refractivity contribution in [2.24, 2.45) is 0 Å². The molecule has 1 aliphatic heterocycles. The van der Waals surface area contributed by atoms with Crippen LogP contribution >= 0.6 is 11.3 Å². The van der Waals surface area contributed by atoms with Crippen LogP contribution in [-0.2, 0) is 12.4 Å². The number of rotatable bonds is 6. The second-order valence-electron chi connectivity index (χ2n) is 10.5. The zero-order chi connectivity index (χ0) is 32.5. The number of methoxy groups -OCH3 is 1. The van der Waals surface area contributed by atoms with Crippen molar-refractivity contribution in [1.82, 2.24) is 5.32 Å². The molecular weight excluding hydrogens is 627 g/mol. The summed E-state index contributed by atoms with van der Waals surface area (Å²) in [7, 11) is 1.37. The van der Waals surface area contributed by atoms with E-state index in [0.29, 0.717) is 23.5 Å². The maximum atomic E-state index is 13.8. The summed E-state index contributed by atoms with van der Waals surface area (Å²) in [5.41, 5.74) is -2.15. The van der Waals surface area contributed by atoms with Crippen molar-refractivity contribution in [3.8, 4) is 5.75 Å². The van der Waals surface area contributed by atoms with Gasteiger partial charge < -0.3 is 20.7 Å². The van der Waals surface area contributed by atoms with E-state index in [-0.39, 0.29) is 37.9 Å². The SMILES string of the molecule is COc1ccc(C2CCCNCC2)cc1C(=O)Nc1c(C(=O)Nc2ccc(F)c(C(F)(F)F)c2)sc2cc(C(F)(F)F)ccc12. The lowest BCUT2D eigenvalue weighted by molar-refractivity contribution is -0.140. The number of anilines is 2. The van der Waals surface area contributed by atoms with E-state index in [1.807, 2.05) is 6.07 Å². The molecule has 3 N–H and O–H groups in total. The van der Waals surface area contributed by atoms with Gasteiger partial charge in [0, 0.05) is 15.8 Å². The Labute approximate surface area is 256 Å². The van der Waals surface area contributed by atoms with Gasteiger partial charge in [-0.2, -0.15) is 26.3 Å². The van der Waals surface area contributed by atoms with Crippen molar-refractivity contribution in [2.75, 3.05) is 30.8 Å². The van der Waals surface area contributed by atoms with Crippen LogP contribution in [0.3, 0.4) is 0 Å². The molecule has 238 valence electrons. The van der Waals surface area contributed by atoms with Gasteiger partial charge in [-0.05, 0) is 86.3 Å². The maximum Gasteiger partial charge on any atom is 0.419 e. The van der Waals surface area contributed by atoms with Crippen LogP contribution in [0.25, 0.3) is 10.1 Å². The molecule has 0 spiro atoms. The predicted molar refractivity (Wildman–Crippen MR) is 157 cm³/mol. The van der Waals surface area contributed by atoms with Gasteiger partial charge >= 0.3 is 12.4 Å². The third kappa shape index (κ3) is 7.06. The van der Waals surface area contributed by atoms with Gasteiger partial charge in [0.2, 0.25) is 0 Å². The van der Waals surface area contributed by atoms with Crippen molar-refractivity contribution < 1.29 is 45.1 Å². The molecule has 4 aromatic rings. The highest BCUT2D eigenvalue weighted by Gasteiger charge is 2.35. The summed E-state index contributed by atoms with van der Waals surface area (Å²) in [4.78, 5) is 26.8. The van der Waals surface area contributed by atoms with E-state index in [2.05, 4.69) is 16.0 Å². The number of alkyl halides is 6. The van der Waals surface area contributed by atoms with Crippen molar-refractivity contribution in [2.45, 2.75) is 37.5 Å². The van der Waals surface area contributed by atoms with E-state index in [4.69, 9.17) is 4.74 Å². The molecule has 0 radical (unpaired) electrons. The Balaban J connectivity index is 1.54. The van der Waals surface area contributed by atoms with Crippen LogP contribution in [0.5, 0.6) is 5.75 Å². The summed E-state index contributed by atoms with van der Waals surface area (Å²) in [6.07, 6.45) is -7.07. The van der Waals surface area contributed by atoms with E-state index in [1.165, 1.54) is 7.11 Å². The van der Waals surface area contributed by atoms with Crippen LogP contribution in [0.1, 0.15) is 61.9 Å². The first-order valence-electron chi connectivity index (χ1n) is 13.8. The van der Waals surface area contributed by atoms with E-state index in [9.17, 15) is 40.3 Å². The second-order valence-corrected chi connectivity index (χ2v) is 11.5. The maximum absolute atomic E-state index is 13.8. The molecule has 1 aromatic heterocycles. The minimum absolute atomic E-state index is 0.00738. The van der Waals surface area contributed by atoms with Crippen LogP contribution in [0.4, 0.5) is 42.1 Å². The lowest BCUT2D eigenvalue weighted by Crippen LogP contribution is -2.18. The molecule has 0 aliphatic carbocycles. The first-order valence-corrected chi connectivity index (χ1v) is 14.6. The average Bonchev–Trinajstić information content (AvgIpc) is 3.13. The van der Waals surface area contributed by atoms with Gasteiger partial charge in [0.05, 0.1) is 29.5 Å². The fraction of sp³-hybridized carbons (Fsp3) is 0.290. The van der Waals surface area contributed by atoms with Gasteiger partial charge in [0.25, 0.3) is 11.8 Å². The van der Waals surface area contributed by atoms with Crippen molar-refractivity contribution >= 4 is 44.6 Å².